The zero-order chi connectivity index (χ0) is 20.0. The highest BCUT2D eigenvalue weighted by Gasteiger charge is 2.20. The van der Waals surface area contributed by atoms with Crippen molar-refractivity contribution >= 4 is 17.3 Å². The number of hydroxylamine groups is 1. The smallest absolute Gasteiger partial charge is 0.277 e. The zero-order valence-corrected chi connectivity index (χ0v) is 14.7. The summed E-state index contributed by atoms with van der Waals surface area (Å²) in [5.74, 6) is -4.13. The van der Waals surface area contributed by atoms with Crippen molar-refractivity contribution < 1.29 is 32.6 Å². The number of ether oxygens (including phenoxy) is 1. The van der Waals surface area contributed by atoms with E-state index < -0.39 is 35.2 Å². The van der Waals surface area contributed by atoms with Gasteiger partial charge in [0.05, 0.1) is 23.5 Å². The van der Waals surface area contributed by atoms with Gasteiger partial charge in [0.1, 0.15) is 18.5 Å². The second kappa shape index (κ2) is 9.36. The van der Waals surface area contributed by atoms with Gasteiger partial charge in [-0.25, -0.2) is 18.7 Å². The molecule has 1 atom stereocenters. The minimum atomic E-state index is -1.34. The van der Waals surface area contributed by atoms with Gasteiger partial charge in [-0.2, -0.15) is 0 Å². The lowest BCUT2D eigenvalue weighted by molar-refractivity contribution is -0.0469. The number of benzene rings is 2. The maximum absolute atomic E-state index is 14.2. The number of hydrogen-bond acceptors (Lipinski definition) is 5. The largest absolute Gasteiger partial charge is 0.394 e. The Labute approximate surface area is 153 Å². The maximum Gasteiger partial charge on any atom is 0.277 e. The summed E-state index contributed by atoms with van der Waals surface area (Å²) < 4.78 is 46.8. The molecule has 6 nitrogen and oxygen atoms in total. The van der Waals surface area contributed by atoms with Gasteiger partial charge in [0.15, 0.2) is 11.6 Å². The van der Waals surface area contributed by atoms with Crippen LogP contribution in [0.15, 0.2) is 30.3 Å². The lowest BCUT2D eigenvalue weighted by Crippen LogP contribution is -2.31. The van der Waals surface area contributed by atoms with E-state index in [0.717, 1.165) is 12.1 Å². The second-order valence-electron chi connectivity index (χ2n) is 5.67. The fraction of sp³-hybridized carbons (Fsp3) is 0.278. The Bertz CT molecular complexity index is 813. The highest BCUT2D eigenvalue weighted by Crippen LogP contribution is 2.28. The molecule has 0 radical (unpaired) electrons. The van der Waals surface area contributed by atoms with Crippen molar-refractivity contribution in [3.05, 3.63) is 58.9 Å². The van der Waals surface area contributed by atoms with Crippen molar-refractivity contribution in [1.29, 1.82) is 0 Å². The van der Waals surface area contributed by atoms with Crippen LogP contribution >= 0.6 is 0 Å². The van der Waals surface area contributed by atoms with Crippen LogP contribution in [0.2, 0.25) is 0 Å². The number of amides is 1. The number of carbonyl (C=O) groups excluding carboxylic acids is 1. The van der Waals surface area contributed by atoms with Crippen LogP contribution in [0.3, 0.4) is 0 Å². The Morgan fingerprint density at radius 3 is 2.56 bits per heavy atom. The Kier molecular flexibility index (Phi) is 7.17. The zero-order valence-electron chi connectivity index (χ0n) is 14.7. The molecule has 0 heterocycles. The molecular weight excluding hydrogens is 365 g/mol. The van der Waals surface area contributed by atoms with Gasteiger partial charge in [0.2, 0.25) is 0 Å². The van der Waals surface area contributed by atoms with Crippen molar-refractivity contribution in [2.75, 3.05) is 25.6 Å². The first-order chi connectivity index (χ1) is 12.9. The molecule has 0 aliphatic rings. The molecule has 0 aromatic heterocycles. The first kappa shape index (κ1) is 20.7. The number of aliphatic hydroxyl groups excluding tert-OH is 1. The SMILES string of the molecule is COC(CO)CONC(=O)c1ccc(F)c(F)c1Nc1ccc(C)cc1F. The van der Waals surface area contributed by atoms with E-state index >= 15 is 0 Å². The molecule has 2 rings (SSSR count). The van der Waals surface area contributed by atoms with Crippen LogP contribution in [0.1, 0.15) is 15.9 Å². The third-order valence-electron chi connectivity index (χ3n) is 3.69. The minimum absolute atomic E-state index is 0.125. The van der Waals surface area contributed by atoms with Crippen LogP contribution in [0.4, 0.5) is 24.5 Å². The van der Waals surface area contributed by atoms with Crippen LogP contribution in [0.5, 0.6) is 0 Å². The minimum Gasteiger partial charge on any atom is -0.394 e. The molecule has 1 unspecified atom stereocenters. The molecule has 0 bridgehead atoms. The Balaban J connectivity index is 2.24. The monoisotopic (exact) mass is 384 g/mol. The third kappa shape index (κ3) is 5.19. The molecule has 0 aliphatic carbocycles. The summed E-state index contributed by atoms with van der Waals surface area (Å²) >= 11 is 0. The molecule has 0 aliphatic heterocycles. The number of methoxy groups -OCH3 is 1. The van der Waals surface area contributed by atoms with E-state index in [1.807, 2.05) is 5.48 Å². The van der Waals surface area contributed by atoms with Crippen LogP contribution in [0.25, 0.3) is 0 Å². The predicted molar refractivity (Wildman–Crippen MR) is 92.1 cm³/mol. The van der Waals surface area contributed by atoms with Crippen LogP contribution in [-0.4, -0.2) is 37.4 Å². The van der Waals surface area contributed by atoms with E-state index in [2.05, 4.69) is 5.32 Å². The predicted octanol–water partition coefficient (Wildman–Crippen LogP) is 2.82. The van der Waals surface area contributed by atoms with Crippen molar-refractivity contribution in [2.45, 2.75) is 13.0 Å². The fourth-order valence-corrected chi connectivity index (χ4v) is 2.17. The quantitative estimate of drug-likeness (QED) is 0.610. The summed E-state index contributed by atoms with van der Waals surface area (Å²) in [6.07, 6.45) is -0.672. The summed E-state index contributed by atoms with van der Waals surface area (Å²) in [7, 11) is 1.35. The first-order valence-electron chi connectivity index (χ1n) is 7.94. The van der Waals surface area contributed by atoms with E-state index in [-0.39, 0.29) is 24.5 Å². The standard InChI is InChI=1S/C18H19F3N2O4/c1-10-3-6-15(14(20)7-10)22-17-12(4-5-13(19)16(17)21)18(25)23-27-9-11(8-24)26-2/h3-7,11,22,24H,8-9H2,1-2H3,(H,23,25). The molecule has 27 heavy (non-hydrogen) atoms. The maximum atomic E-state index is 14.2. The molecule has 0 spiro atoms. The van der Waals surface area contributed by atoms with Crippen LogP contribution < -0.4 is 10.8 Å². The third-order valence-corrected chi connectivity index (χ3v) is 3.69. The number of halogens is 3. The van der Waals surface area contributed by atoms with Crippen molar-refractivity contribution in [1.82, 2.24) is 5.48 Å². The molecule has 0 saturated carbocycles. The molecule has 2 aromatic carbocycles. The van der Waals surface area contributed by atoms with E-state index in [0.29, 0.717) is 5.56 Å². The van der Waals surface area contributed by atoms with Crippen molar-refractivity contribution in [3.8, 4) is 0 Å². The highest BCUT2D eigenvalue weighted by molar-refractivity contribution is 5.99. The van der Waals surface area contributed by atoms with Gasteiger partial charge in [-0.3, -0.25) is 9.63 Å². The fourth-order valence-electron chi connectivity index (χ4n) is 2.17. The number of hydrogen-bond donors (Lipinski definition) is 3. The lowest BCUT2D eigenvalue weighted by Gasteiger charge is -2.16. The molecule has 9 heteroatoms. The number of anilines is 2. The molecule has 3 N–H and O–H groups in total. The van der Waals surface area contributed by atoms with E-state index in [9.17, 15) is 18.0 Å². The lowest BCUT2D eigenvalue weighted by atomic mass is 10.1. The van der Waals surface area contributed by atoms with E-state index in [4.69, 9.17) is 14.7 Å². The molecular formula is C18H19F3N2O4. The summed E-state index contributed by atoms with van der Waals surface area (Å²) in [6.45, 7) is 1.17. The average molecular weight is 384 g/mol. The molecule has 1 amide bonds. The number of carbonyl (C=O) groups is 1. The normalized spacial score (nSPS) is 11.9. The van der Waals surface area contributed by atoms with Gasteiger partial charge in [-0.05, 0) is 36.8 Å². The number of rotatable bonds is 8. The van der Waals surface area contributed by atoms with Gasteiger partial charge < -0.3 is 15.2 Å². The Hall–Kier alpha value is -2.62. The molecule has 0 fully saturated rings. The van der Waals surface area contributed by atoms with E-state index in [1.54, 1.807) is 13.0 Å². The summed E-state index contributed by atoms with van der Waals surface area (Å²) in [5.41, 5.74) is 1.72. The van der Waals surface area contributed by atoms with Gasteiger partial charge in [0, 0.05) is 7.11 Å². The Morgan fingerprint density at radius 1 is 1.19 bits per heavy atom. The van der Waals surface area contributed by atoms with Crippen LogP contribution in [0, 0.1) is 24.4 Å². The molecule has 146 valence electrons. The van der Waals surface area contributed by atoms with Gasteiger partial charge >= 0.3 is 0 Å². The van der Waals surface area contributed by atoms with Crippen molar-refractivity contribution in [3.63, 3.8) is 0 Å². The number of aliphatic hydroxyl groups is 1. The summed E-state index contributed by atoms with van der Waals surface area (Å²) in [6, 6.07) is 5.93. The Morgan fingerprint density at radius 2 is 1.93 bits per heavy atom. The van der Waals surface area contributed by atoms with Gasteiger partial charge in [0.25, 0.3) is 5.91 Å². The van der Waals surface area contributed by atoms with Crippen molar-refractivity contribution in [2.24, 2.45) is 0 Å². The number of nitrogens with one attached hydrogen (secondary N) is 2. The summed E-state index contributed by atoms with van der Waals surface area (Å²) in [4.78, 5) is 17.2. The van der Waals surface area contributed by atoms with Gasteiger partial charge in [-0.15, -0.1) is 0 Å². The average Bonchev–Trinajstić information content (AvgIpc) is 2.64. The molecule has 0 saturated heterocycles. The first-order valence-corrected chi connectivity index (χ1v) is 7.94. The topological polar surface area (TPSA) is 79.8 Å². The summed E-state index contributed by atoms with van der Waals surface area (Å²) in [5, 5.41) is 11.4. The van der Waals surface area contributed by atoms with E-state index in [1.165, 1.54) is 19.2 Å². The second-order valence-corrected chi connectivity index (χ2v) is 5.67. The van der Waals surface area contributed by atoms with Crippen LogP contribution in [-0.2, 0) is 9.57 Å². The highest BCUT2D eigenvalue weighted by atomic mass is 19.2. The number of aryl methyl sites for hydroxylation is 1. The molecule has 2 aromatic rings. The van der Waals surface area contributed by atoms with Gasteiger partial charge in [-0.1, -0.05) is 6.07 Å².